The first kappa shape index (κ1) is 14.7. The fourth-order valence-electron chi connectivity index (χ4n) is 1.97. The molecule has 1 aromatic rings. The van der Waals surface area contributed by atoms with Crippen molar-refractivity contribution in [3.8, 4) is 0 Å². The Bertz CT molecular complexity index is 362. The average Bonchev–Trinajstić information content (AvgIpc) is 2.37. The van der Waals surface area contributed by atoms with Gasteiger partial charge >= 0.3 is 0 Å². The Kier molecular flexibility index (Phi) is 5.86. The maximum absolute atomic E-state index is 12.1. The SMILES string of the molecule is CC(C)CC(CO)NC(=O)C(C)c1ccccc1. The first-order chi connectivity index (χ1) is 8.54. The Hall–Kier alpha value is -1.35. The molecular formula is C15H23NO2. The molecule has 0 aliphatic carbocycles. The summed E-state index contributed by atoms with van der Waals surface area (Å²) in [6, 6.07) is 9.53. The van der Waals surface area contributed by atoms with Gasteiger partial charge in [0.2, 0.25) is 5.91 Å². The summed E-state index contributed by atoms with van der Waals surface area (Å²) in [6.07, 6.45) is 0.795. The van der Waals surface area contributed by atoms with Crippen molar-refractivity contribution >= 4 is 5.91 Å². The van der Waals surface area contributed by atoms with Crippen LogP contribution in [0.15, 0.2) is 30.3 Å². The zero-order valence-electron chi connectivity index (χ0n) is 11.4. The molecule has 2 N–H and O–H groups in total. The van der Waals surface area contributed by atoms with E-state index in [1.54, 1.807) is 0 Å². The molecule has 0 fully saturated rings. The van der Waals surface area contributed by atoms with Gasteiger partial charge in [-0.05, 0) is 24.8 Å². The summed E-state index contributed by atoms with van der Waals surface area (Å²) in [4.78, 5) is 12.1. The number of aliphatic hydroxyl groups is 1. The third-order valence-corrected chi connectivity index (χ3v) is 3.02. The molecule has 0 aliphatic rings. The van der Waals surface area contributed by atoms with Crippen LogP contribution >= 0.6 is 0 Å². The van der Waals surface area contributed by atoms with Crippen LogP contribution in [0.3, 0.4) is 0 Å². The largest absolute Gasteiger partial charge is 0.394 e. The quantitative estimate of drug-likeness (QED) is 0.813. The van der Waals surface area contributed by atoms with Crippen LogP contribution in [0.25, 0.3) is 0 Å². The van der Waals surface area contributed by atoms with E-state index in [9.17, 15) is 9.90 Å². The second kappa shape index (κ2) is 7.17. The minimum absolute atomic E-state index is 0.00850. The number of benzene rings is 1. The number of carbonyl (C=O) groups excluding carboxylic acids is 1. The molecule has 3 heteroatoms. The minimum atomic E-state index is -0.188. The van der Waals surface area contributed by atoms with Crippen molar-refractivity contribution in [1.29, 1.82) is 0 Å². The average molecular weight is 249 g/mol. The van der Waals surface area contributed by atoms with Crippen molar-refractivity contribution in [2.24, 2.45) is 5.92 Å². The zero-order chi connectivity index (χ0) is 13.5. The standard InChI is InChI=1S/C15H23NO2/c1-11(2)9-14(10-17)16-15(18)12(3)13-7-5-4-6-8-13/h4-8,11-12,14,17H,9-10H2,1-3H3,(H,16,18). The Morgan fingerprint density at radius 2 is 1.83 bits per heavy atom. The summed E-state index contributed by atoms with van der Waals surface area (Å²) < 4.78 is 0. The fraction of sp³-hybridized carbons (Fsp3) is 0.533. The van der Waals surface area contributed by atoms with E-state index in [1.807, 2.05) is 37.3 Å². The molecule has 2 unspecified atom stereocenters. The van der Waals surface area contributed by atoms with Gasteiger partial charge in [-0.15, -0.1) is 0 Å². The monoisotopic (exact) mass is 249 g/mol. The predicted molar refractivity (Wildman–Crippen MR) is 73.3 cm³/mol. The first-order valence-electron chi connectivity index (χ1n) is 6.50. The molecule has 2 atom stereocenters. The lowest BCUT2D eigenvalue weighted by molar-refractivity contribution is -0.123. The minimum Gasteiger partial charge on any atom is -0.394 e. The molecule has 18 heavy (non-hydrogen) atoms. The number of aliphatic hydroxyl groups excluding tert-OH is 1. The van der Waals surface area contributed by atoms with Crippen molar-refractivity contribution in [2.45, 2.75) is 39.2 Å². The lowest BCUT2D eigenvalue weighted by Crippen LogP contribution is -2.40. The Labute approximate surface area is 109 Å². The van der Waals surface area contributed by atoms with Gasteiger partial charge in [-0.3, -0.25) is 4.79 Å². The molecule has 1 aromatic carbocycles. The number of rotatable bonds is 6. The summed E-state index contributed by atoms with van der Waals surface area (Å²) >= 11 is 0. The normalized spacial score (nSPS) is 14.3. The van der Waals surface area contributed by atoms with E-state index >= 15 is 0 Å². The summed E-state index contributed by atoms with van der Waals surface area (Å²) in [7, 11) is 0. The van der Waals surface area contributed by atoms with Crippen LogP contribution in [-0.4, -0.2) is 23.7 Å². The first-order valence-corrected chi connectivity index (χ1v) is 6.50. The predicted octanol–water partition coefficient (Wildman–Crippen LogP) is 2.31. The maximum atomic E-state index is 12.1. The molecule has 0 bridgehead atoms. The second-order valence-corrected chi connectivity index (χ2v) is 5.15. The molecule has 0 aliphatic heterocycles. The van der Waals surface area contributed by atoms with E-state index in [-0.39, 0.29) is 24.5 Å². The molecule has 0 saturated heterocycles. The third-order valence-electron chi connectivity index (χ3n) is 3.02. The molecule has 3 nitrogen and oxygen atoms in total. The van der Waals surface area contributed by atoms with Crippen LogP contribution in [0.2, 0.25) is 0 Å². The van der Waals surface area contributed by atoms with E-state index < -0.39 is 0 Å². The topological polar surface area (TPSA) is 49.3 Å². The molecule has 0 saturated carbocycles. The summed E-state index contributed by atoms with van der Waals surface area (Å²) in [6.45, 7) is 6.03. The van der Waals surface area contributed by atoms with Crippen LogP contribution in [0.5, 0.6) is 0 Å². The lowest BCUT2D eigenvalue weighted by Gasteiger charge is -2.21. The smallest absolute Gasteiger partial charge is 0.227 e. The molecular weight excluding hydrogens is 226 g/mol. The fourth-order valence-corrected chi connectivity index (χ4v) is 1.97. The molecule has 0 spiro atoms. The van der Waals surface area contributed by atoms with Crippen molar-refractivity contribution in [3.05, 3.63) is 35.9 Å². The molecule has 0 radical (unpaired) electrons. The number of amides is 1. The number of hydrogen-bond acceptors (Lipinski definition) is 2. The van der Waals surface area contributed by atoms with Gasteiger partial charge < -0.3 is 10.4 Å². The van der Waals surface area contributed by atoms with Crippen LogP contribution in [0.1, 0.15) is 38.7 Å². The van der Waals surface area contributed by atoms with Crippen molar-refractivity contribution in [3.63, 3.8) is 0 Å². The Morgan fingerprint density at radius 1 is 1.22 bits per heavy atom. The molecule has 1 amide bonds. The van der Waals surface area contributed by atoms with Crippen LogP contribution in [0.4, 0.5) is 0 Å². The number of hydrogen-bond donors (Lipinski definition) is 2. The van der Waals surface area contributed by atoms with Gasteiger partial charge in [-0.1, -0.05) is 44.2 Å². The van der Waals surface area contributed by atoms with Gasteiger partial charge in [-0.2, -0.15) is 0 Å². The summed E-state index contributed by atoms with van der Waals surface area (Å²) in [5.74, 6) is 0.239. The molecule has 0 heterocycles. The van der Waals surface area contributed by atoms with Crippen LogP contribution in [-0.2, 0) is 4.79 Å². The van der Waals surface area contributed by atoms with E-state index in [0.29, 0.717) is 5.92 Å². The Morgan fingerprint density at radius 3 is 2.33 bits per heavy atom. The maximum Gasteiger partial charge on any atom is 0.227 e. The molecule has 0 aromatic heterocycles. The van der Waals surface area contributed by atoms with Gasteiger partial charge in [0.05, 0.1) is 18.6 Å². The zero-order valence-corrected chi connectivity index (χ0v) is 11.4. The van der Waals surface area contributed by atoms with Gasteiger partial charge in [0.15, 0.2) is 0 Å². The van der Waals surface area contributed by atoms with E-state index in [1.165, 1.54) is 0 Å². The van der Waals surface area contributed by atoms with Crippen LogP contribution in [0, 0.1) is 5.92 Å². The summed E-state index contributed by atoms with van der Waals surface area (Å²) in [5, 5.41) is 12.2. The molecule has 100 valence electrons. The van der Waals surface area contributed by atoms with E-state index in [0.717, 1.165) is 12.0 Å². The highest BCUT2D eigenvalue weighted by molar-refractivity contribution is 5.83. The van der Waals surface area contributed by atoms with E-state index in [4.69, 9.17) is 0 Å². The van der Waals surface area contributed by atoms with Gasteiger partial charge in [0, 0.05) is 0 Å². The highest BCUT2D eigenvalue weighted by Crippen LogP contribution is 2.15. The highest BCUT2D eigenvalue weighted by Gasteiger charge is 2.19. The number of nitrogens with one attached hydrogen (secondary N) is 1. The molecule has 1 rings (SSSR count). The van der Waals surface area contributed by atoms with Crippen molar-refractivity contribution in [2.75, 3.05) is 6.61 Å². The summed E-state index contributed by atoms with van der Waals surface area (Å²) in [5.41, 5.74) is 0.997. The lowest BCUT2D eigenvalue weighted by atomic mass is 9.99. The third kappa shape index (κ3) is 4.49. The van der Waals surface area contributed by atoms with Crippen molar-refractivity contribution < 1.29 is 9.90 Å². The van der Waals surface area contributed by atoms with Gasteiger partial charge in [0.25, 0.3) is 0 Å². The van der Waals surface area contributed by atoms with Gasteiger partial charge in [0.1, 0.15) is 0 Å². The Balaban J connectivity index is 2.59. The highest BCUT2D eigenvalue weighted by atomic mass is 16.3. The second-order valence-electron chi connectivity index (χ2n) is 5.15. The van der Waals surface area contributed by atoms with Crippen molar-refractivity contribution in [1.82, 2.24) is 5.32 Å². The van der Waals surface area contributed by atoms with Gasteiger partial charge in [-0.25, -0.2) is 0 Å². The number of carbonyl (C=O) groups is 1. The van der Waals surface area contributed by atoms with Crippen LogP contribution < -0.4 is 5.32 Å². The van der Waals surface area contributed by atoms with E-state index in [2.05, 4.69) is 19.2 Å².